The first-order valence-corrected chi connectivity index (χ1v) is 3.99. The summed E-state index contributed by atoms with van der Waals surface area (Å²) in [6.45, 7) is 3.88. The van der Waals surface area contributed by atoms with Gasteiger partial charge in [-0.15, -0.1) is 0 Å². The highest BCUT2D eigenvalue weighted by Crippen LogP contribution is 2.17. The molecule has 12 heavy (non-hydrogen) atoms. The lowest BCUT2D eigenvalue weighted by Gasteiger charge is -2.13. The zero-order valence-electron chi connectivity index (χ0n) is 7.70. The van der Waals surface area contributed by atoms with Crippen molar-refractivity contribution in [3.05, 3.63) is 29.8 Å². The first-order valence-electron chi connectivity index (χ1n) is 3.99. The maximum atomic E-state index is 5.47. The summed E-state index contributed by atoms with van der Waals surface area (Å²) in [6, 6.07) is 7.88. The molecule has 0 aliphatic heterocycles. The summed E-state index contributed by atoms with van der Waals surface area (Å²) in [5.74, 6) is 0.881. The normalized spacial score (nSPS) is 12.6. The molecule has 0 heterocycles. The van der Waals surface area contributed by atoms with Crippen molar-refractivity contribution in [1.29, 1.82) is 0 Å². The SMILES string of the molecule is COC(C)Oc1ccccc1C. The van der Waals surface area contributed by atoms with Crippen molar-refractivity contribution in [3.63, 3.8) is 0 Å². The zero-order chi connectivity index (χ0) is 8.97. The minimum atomic E-state index is -0.189. The Morgan fingerprint density at radius 3 is 2.50 bits per heavy atom. The molecule has 0 aromatic heterocycles. The van der Waals surface area contributed by atoms with Crippen molar-refractivity contribution < 1.29 is 9.47 Å². The third-order valence-electron chi connectivity index (χ3n) is 1.72. The van der Waals surface area contributed by atoms with E-state index in [-0.39, 0.29) is 6.29 Å². The predicted octanol–water partition coefficient (Wildman–Crippen LogP) is 2.37. The van der Waals surface area contributed by atoms with Gasteiger partial charge in [-0.3, -0.25) is 0 Å². The van der Waals surface area contributed by atoms with Crippen molar-refractivity contribution in [3.8, 4) is 5.75 Å². The van der Waals surface area contributed by atoms with E-state index in [0.29, 0.717) is 0 Å². The van der Waals surface area contributed by atoms with Crippen molar-refractivity contribution in [1.82, 2.24) is 0 Å². The molecule has 0 amide bonds. The van der Waals surface area contributed by atoms with E-state index < -0.39 is 0 Å². The molecule has 0 saturated carbocycles. The molecule has 1 aromatic carbocycles. The van der Waals surface area contributed by atoms with E-state index in [2.05, 4.69) is 0 Å². The van der Waals surface area contributed by atoms with Crippen molar-refractivity contribution in [2.24, 2.45) is 0 Å². The van der Waals surface area contributed by atoms with E-state index >= 15 is 0 Å². The van der Waals surface area contributed by atoms with E-state index in [0.717, 1.165) is 11.3 Å². The number of para-hydroxylation sites is 1. The van der Waals surface area contributed by atoms with Crippen LogP contribution in [0.5, 0.6) is 5.75 Å². The summed E-state index contributed by atoms with van der Waals surface area (Å²) in [5.41, 5.74) is 1.13. The Morgan fingerprint density at radius 1 is 1.25 bits per heavy atom. The van der Waals surface area contributed by atoms with E-state index in [1.54, 1.807) is 7.11 Å². The van der Waals surface area contributed by atoms with Crippen LogP contribution in [0.3, 0.4) is 0 Å². The highest BCUT2D eigenvalue weighted by atomic mass is 16.7. The fourth-order valence-corrected chi connectivity index (χ4v) is 0.916. The van der Waals surface area contributed by atoms with Crippen LogP contribution in [-0.2, 0) is 4.74 Å². The molecule has 0 saturated heterocycles. The highest BCUT2D eigenvalue weighted by molar-refractivity contribution is 5.31. The minimum absolute atomic E-state index is 0.189. The third kappa shape index (κ3) is 2.24. The molecule has 0 aliphatic rings. The second kappa shape index (κ2) is 4.12. The number of hydrogen-bond acceptors (Lipinski definition) is 2. The molecule has 2 nitrogen and oxygen atoms in total. The fraction of sp³-hybridized carbons (Fsp3) is 0.400. The van der Waals surface area contributed by atoms with Gasteiger partial charge in [0.05, 0.1) is 0 Å². The van der Waals surface area contributed by atoms with Crippen LogP contribution in [0.25, 0.3) is 0 Å². The Labute approximate surface area is 73.1 Å². The maximum Gasteiger partial charge on any atom is 0.196 e. The maximum absolute atomic E-state index is 5.47. The van der Waals surface area contributed by atoms with Crippen LogP contribution in [0.2, 0.25) is 0 Å². The summed E-state index contributed by atoms with van der Waals surface area (Å²) in [5, 5.41) is 0. The van der Waals surface area contributed by atoms with E-state index in [4.69, 9.17) is 9.47 Å². The van der Waals surface area contributed by atoms with Crippen LogP contribution in [0.1, 0.15) is 12.5 Å². The summed E-state index contributed by atoms with van der Waals surface area (Å²) in [7, 11) is 1.63. The van der Waals surface area contributed by atoms with Gasteiger partial charge in [-0.25, -0.2) is 0 Å². The monoisotopic (exact) mass is 166 g/mol. The molecule has 1 unspecified atom stereocenters. The molecule has 0 aliphatic carbocycles. The number of benzene rings is 1. The van der Waals surface area contributed by atoms with Gasteiger partial charge in [0.25, 0.3) is 0 Å². The van der Waals surface area contributed by atoms with Crippen LogP contribution in [0.15, 0.2) is 24.3 Å². The summed E-state index contributed by atoms with van der Waals surface area (Å²) in [4.78, 5) is 0. The van der Waals surface area contributed by atoms with Crippen molar-refractivity contribution in [2.45, 2.75) is 20.1 Å². The van der Waals surface area contributed by atoms with Crippen LogP contribution in [0.4, 0.5) is 0 Å². The molecular weight excluding hydrogens is 152 g/mol. The number of ether oxygens (including phenoxy) is 2. The smallest absolute Gasteiger partial charge is 0.196 e. The number of methoxy groups -OCH3 is 1. The lowest BCUT2D eigenvalue weighted by atomic mass is 10.2. The summed E-state index contributed by atoms with van der Waals surface area (Å²) < 4.78 is 10.5. The van der Waals surface area contributed by atoms with Gasteiger partial charge < -0.3 is 9.47 Å². The third-order valence-corrected chi connectivity index (χ3v) is 1.72. The van der Waals surface area contributed by atoms with Gasteiger partial charge in [-0.1, -0.05) is 18.2 Å². The Balaban J connectivity index is 2.69. The molecular formula is C10H14O2. The van der Waals surface area contributed by atoms with Crippen LogP contribution < -0.4 is 4.74 Å². The number of aryl methyl sites for hydroxylation is 1. The van der Waals surface area contributed by atoms with E-state index in [1.165, 1.54) is 0 Å². The molecule has 0 fully saturated rings. The first-order chi connectivity index (χ1) is 5.74. The van der Waals surface area contributed by atoms with Gasteiger partial charge in [0.15, 0.2) is 6.29 Å². The Morgan fingerprint density at radius 2 is 1.92 bits per heavy atom. The summed E-state index contributed by atoms with van der Waals surface area (Å²) >= 11 is 0. The predicted molar refractivity (Wildman–Crippen MR) is 48.3 cm³/mol. The molecule has 66 valence electrons. The van der Waals surface area contributed by atoms with Crippen LogP contribution in [0, 0.1) is 6.92 Å². The second-order valence-electron chi connectivity index (χ2n) is 2.69. The number of hydrogen-bond donors (Lipinski definition) is 0. The van der Waals surface area contributed by atoms with Gasteiger partial charge in [-0.2, -0.15) is 0 Å². The van der Waals surface area contributed by atoms with Crippen molar-refractivity contribution >= 4 is 0 Å². The summed E-state index contributed by atoms with van der Waals surface area (Å²) in [6.07, 6.45) is -0.189. The van der Waals surface area contributed by atoms with Crippen LogP contribution in [-0.4, -0.2) is 13.4 Å². The number of rotatable bonds is 3. The van der Waals surface area contributed by atoms with Gasteiger partial charge >= 0.3 is 0 Å². The lowest BCUT2D eigenvalue weighted by Crippen LogP contribution is -2.13. The largest absolute Gasteiger partial charge is 0.465 e. The molecule has 0 bridgehead atoms. The minimum Gasteiger partial charge on any atom is -0.465 e. The van der Waals surface area contributed by atoms with Crippen LogP contribution >= 0.6 is 0 Å². The van der Waals surface area contributed by atoms with E-state index in [9.17, 15) is 0 Å². The lowest BCUT2D eigenvalue weighted by molar-refractivity contribution is -0.0386. The second-order valence-corrected chi connectivity index (χ2v) is 2.69. The standard InChI is InChI=1S/C10H14O2/c1-8-6-4-5-7-10(8)12-9(2)11-3/h4-7,9H,1-3H3. The van der Waals surface area contributed by atoms with Crippen molar-refractivity contribution in [2.75, 3.05) is 7.11 Å². The molecule has 0 N–H and O–H groups in total. The molecule has 1 atom stereocenters. The highest BCUT2D eigenvalue weighted by Gasteiger charge is 2.02. The topological polar surface area (TPSA) is 18.5 Å². The molecule has 0 spiro atoms. The first kappa shape index (κ1) is 9.07. The molecule has 1 aromatic rings. The average Bonchev–Trinajstić information content (AvgIpc) is 2.09. The Bertz CT molecular complexity index is 245. The quantitative estimate of drug-likeness (QED) is 0.642. The van der Waals surface area contributed by atoms with E-state index in [1.807, 2.05) is 38.1 Å². The molecule has 2 heteroatoms. The Hall–Kier alpha value is -1.02. The molecule has 0 radical (unpaired) electrons. The van der Waals surface area contributed by atoms with Gasteiger partial charge in [0.2, 0.25) is 0 Å². The van der Waals surface area contributed by atoms with Gasteiger partial charge in [0, 0.05) is 7.11 Å². The average molecular weight is 166 g/mol. The fourth-order valence-electron chi connectivity index (χ4n) is 0.916. The van der Waals surface area contributed by atoms with Gasteiger partial charge in [0.1, 0.15) is 5.75 Å². The zero-order valence-corrected chi connectivity index (χ0v) is 7.70. The Kier molecular flexibility index (Phi) is 3.11. The molecule has 1 rings (SSSR count). The van der Waals surface area contributed by atoms with Gasteiger partial charge in [-0.05, 0) is 25.5 Å².